The van der Waals surface area contributed by atoms with Crippen molar-refractivity contribution in [3.05, 3.63) is 35.9 Å². The van der Waals surface area contributed by atoms with E-state index in [0.29, 0.717) is 6.54 Å². The van der Waals surface area contributed by atoms with Crippen LogP contribution in [0.25, 0.3) is 0 Å². The van der Waals surface area contributed by atoms with Crippen molar-refractivity contribution in [3.8, 4) is 0 Å². The summed E-state index contributed by atoms with van der Waals surface area (Å²) in [6, 6.07) is 10.4. The van der Waals surface area contributed by atoms with Crippen LogP contribution in [0.4, 0.5) is 0 Å². The lowest BCUT2D eigenvalue weighted by Crippen LogP contribution is -2.34. The Bertz CT molecular complexity index is 404. The zero-order valence-electron chi connectivity index (χ0n) is 10.9. The van der Waals surface area contributed by atoms with Crippen LogP contribution in [-0.4, -0.2) is 35.6 Å². The van der Waals surface area contributed by atoms with Crippen molar-refractivity contribution in [1.82, 2.24) is 4.90 Å². The number of carbonyl (C=O) groups is 1. The topological polar surface area (TPSA) is 40.5 Å². The molecule has 1 unspecified atom stereocenters. The van der Waals surface area contributed by atoms with Crippen molar-refractivity contribution in [2.24, 2.45) is 5.41 Å². The third kappa shape index (κ3) is 2.72. The summed E-state index contributed by atoms with van der Waals surface area (Å²) in [5, 5.41) is 9.34. The molecule has 0 radical (unpaired) electrons. The number of aliphatic carboxylic acids is 1. The summed E-state index contributed by atoms with van der Waals surface area (Å²) in [6.07, 6.45) is 2.51. The molecule has 0 saturated carbocycles. The number of hydrogen-bond donors (Lipinski definition) is 1. The van der Waals surface area contributed by atoms with Crippen molar-refractivity contribution in [3.63, 3.8) is 0 Å². The molecule has 1 aliphatic heterocycles. The molecule has 3 heteroatoms. The number of benzene rings is 1. The third-order valence-electron chi connectivity index (χ3n) is 4.12. The first-order chi connectivity index (χ1) is 8.66. The van der Waals surface area contributed by atoms with Crippen LogP contribution in [-0.2, 0) is 11.2 Å². The van der Waals surface area contributed by atoms with Gasteiger partial charge in [0.1, 0.15) is 0 Å². The van der Waals surface area contributed by atoms with Gasteiger partial charge in [-0.2, -0.15) is 0 Å². The summed E-state index contributed by atoms with van der Waals surface area (Å²) in [6.45, 7) is 4.55. The van der Waals surface area contributed by atoms with Crippen molar-refractivity contribution in [1.29, 1.82) is 0 Å². The van der Waals surface area contributed by atoms with Crippen LogP contribution >= 0.6 is 0 Å². The van der Waals surface area contributed by atoms with E-state index in [1.165, 1.54) is 5.56 Å². The van der Waals surface area contributed by atoms with Gasteiger partial charge in [-0.15, -0.1) is 0 Å². The van der Waals surface area contributed by atoms with Gasteiger partial charge in [-0.25, -0.2) is 0 Å². The minimum Gasteiger partial charge on any atom is -0.481 e. The van der Waals surface area contributed by atoms with E-state index in [1.54, 1.807) is 0 Å². The van der Waals surface area contributed by atoms with E-state index in [-0.39, 0.29) is 0 Å². The molecule has 1 heterocycles. The normalized spacial score (nSPS) is 24.3. The van der Waals surface area contributed by atoms with Gasteiger partial charge in [-0.05, 0) is 31.4 Å². The second-order valence-corrected chi connectivity index (χ2v) is 5.20. The molecule has 0 amide bonds. The van der Waals surface area contributed by atoms with E-state index in [4.69, 9.17) is 0 Å². The lowest BCUT2D eigenvalue weighted by Gasteiger charge is -2.23. The summed E-state index contributed by atoms with van der Waals surface area (Å²) in [7, 11) is 0. The van der Waals surface area contributed by atoms with E-state index in [0.717, 1.165) is 32.4 Å². The molecule has 98 valence electrons. The Morgan fingerprint density at radius 3 is 2.67 bits per heavy atom. The van der Waals surface area contributed by atoms with E-state index in [2.05, 4.69) is 17.0 Å². The molecule has 1 N–H and O–H groups in total. The molecule has 2 rings (SSSR count). The van der Waals surface area contributed by atoms with Crippen molar-refractivity contribution >= 4 is 5.97 Å². The molecule has 1 saturated heterocycles. The minimum absolute atomic E-state index is 0.503. The molecule has 0 spiro atoms. The van der Waals surface area contributed by atoms with E-state index < -0.39 is 11.4 Å². The quantitative estimate of drug-likeness (QED) is 0.868. The number of rotatable bonds is 5. The maximum atomic E-state index is 11.3. The second-order valence-electron chi connectivity index (χ2n) is 5.20. The highest BCUT2D eigenvalue weighted by molar-refractivity contribution is 5.75. The lowest BCUT2D eigenvalue weighted by atomic mass is 9.84. The summed E-state index contributed by atoms with van der Waals surface area (Å²) < 4.78 is 0. The van der Waals surface area contributed by atoms with Crippen LogP contribution in [0.15, 0.2) is 30.3 Å². The molecule has 1 aromatic rings. The zero-order valence-corrected chi connectivity index (χ0v) is 10.9. The maximum Gasteiger partial charge on any atom is 0.310 e. The maximum absolute atomic E-state index is 11.3. The number of carboxylic acid groups (broad SMARTS) is 1. The summed E-state index contributed by atoms with van der Waals surface area (Å²) in [4.78, 5) is 13.6. The highest BCUT2D eigenvalue weighted by Gasteiger charge is 2.42. The Labute approximate surface area is 108 Å². The van der Waals surface area contributed by atoms with Gasteiger partial charge in [0.05, 0.1) is 5.41 Å². The van der Waals surface area contributed by atoms with Gasteiger partial charge in [-0.1, -0.05) is 37.3 Å². The monoisotopic (exact) mass is 247 g/mol. The molecule has 18 heavy (non-hydrogen) atoms. The fourth-order valence-electron chi connectivity index (χ4n) is 2.70. The fraction of sp³-hybridized carbons (Fsp3) is 0.533. The van der Waals surface area contributed by atoms with Crippen LogP contribution in [0.2, 0.25) is 0 Å². The SMILES string of the molecule is CCC1(C(=O)O)CCN(CCc2ccccc2)C1. The average molecular weight is 247 g/mol. The van der Waals surface area contributed by atoms with E-state index in [9.17, 15) is 9.90 Å². The predicted octanol–water partition coefficient (Wildman–Crippen LogP) is 2.42. The highest BCUT2D eigenvalue weighted by Crippen LogP contribution is 2.34. The molecule has 1 aromatic carbocycles. The lowest BCUT2D eigenvalue weighted by molar-refractivity contribution is -0.148. The molecule has 0 bridgehead atoms. The standard InChI is InChI=1S/C15H21NO2/c1-2-15(14(17)18)9-11-16(12-15)10-8-13-6-4-3-5-7-13/h3-7H,2,8-12H2,1H3,(H,17,18). The van der Waals surface area contributed by atoms with Crippen LogP contribution < -0.4 is 0 Å². The fourth-order valence-corrected chi connectivity index (χ4v) is 2.70. The Balaban J connectivity index is 1.88. The Morgan fingerprint density at radius 2 is 2.11 bits per heavy atom. The molecular formula is C15H21NO2. The van der Waals surface area contributed by atoms with Crippen LogP contribution in [0, 0.1) is 5.41 Å². The number of nitrogens with zero attached hydrogens (tertiary/aromatic N) is 1. The molecule has 1 fully saturated rings. The predicted molar refractivity (Wildman–Crippen MR) is 71.6 cm³/mol. The minimum atomic E-state index is -0.632. The first-order valence-electron chi connectivity index (χ1n) is 6.66. The van der Waals surface area contributed by atoms with Gasteiger partial charge in [0.2, 0.25) is 0 Å². The first kappa shape index (κ1) is 13.1. The molecule has 0 aromatic heterocycles. The van der Waals surface area contributed by atoms with Gasteiger partial charge in [0, 0.05) is 13.1 Å². The zero-order chi connectivity index (χ0) is 13.0. The Hall–Kier alpha value is -1.35. The largest absolute Gasteiger partial charge is 0.481 e. The first-order valence-corrected chi connectivity index (χ1v) is 6.66. The van der Waals surface area contributed by atoms with Gasteiger partial charge in [0.25, 0.3) is 0 Å². The van der Waals surface area contributed by atoms with Gasteiger partial charge in [-0.3, -0.25) is 4.79 Å². The summed E-state index contributed by atoms with van der Waals surface area (Å²) in [5.74, 6) is -0.632. The smallest absolute Gasteiger partial charge is 0.310 e. The summed E-state index contributed by atoms with van der Waals surface area (Å²) >= 11 is 0. The molecular weight excluding hydrogens is 226 g/mol. The van der Waals surface area contributed by atoms with E-state index >= 15 is 0 Å². The van der Waals surface area contributed by atoms with Crippen LogP contribution in [0.3, 0.4) is 0 Å². The molecule has 1 aliphatic rings. The highest BCUT2D eigenvalue weighted by atomic mass is 16.4. The molecule has 3 nitrogen and oxygen atoms in total. The number of hydrogen-bond acceptors (Lipinski definition) is 2. The Kier molecular flexibility index (Phi) is 4.02. The summed E-state index contributed by atoms with van der Waals surface area (Å²) in [5.41, 5.74) is 0.818. The van der Waals surface area contributed by atoms with Crippen molar-refractivity contribution in [2.75, 3.05) is 19.6 Å². The van der Waals surface area contributed by atoms with Gasteiger partial charge < -0.3 is 10.0 Å². The van der Waals surface area contributed by atoms with Crippen molar-refractivity contribution in [2.45, 2.75) is 26.2 Å². The van der Waals surface area contributed by atoms with Gasteiger partial charge in [0.15, 0.2) is 0 Å². The van der Waals surface area contributed by atoms with Crippen molar-refractivity contribution < 1.29 is 9.90 Å². The second kappa shape index (κ2) is 5.53. The third-order valence-corrected chi connectivity index (χ3v) is 4.12. The van der Waals surface area contributed by atoms with E-state index in [1.807, 2.05) is 25.1 Å². The molecule has 0 aliphatic carbocycles. The van der Waals surface area contributed by atoms with Gasteiger partial charge >= 0.3 is 5.97 Å². The average Bonchev–Trinajstić information content (AvgIpc) is 2.83. The number of likely N-dealkylation sites (tertiary alicyclic amines) is 1. The number of carboxylic acids is 1. The van der Waals surface area contributed by atoms with Crippen LogP contribution in [0.1, 0.15) is 25.3 Å². The van der Waals surface area contributed by atoms with Crippen LogP contribution in [0.5, 0.6) is 0 Å². The Morgan fingerprint density at radius 1 is 1.39 bits per heavy atom. The molecule has 1 atom stereocenters.